The lowest BCUT2D eigenvalue weighted by Gasteiger charge is -2.11. The molecule has 0 spiro atoms. The number of hydrogen-bond donors (Lipinski definition) is 2. The molecule has 0 bridgehead atoms. The molecule has 0 aliphatic rings. The van der Waals surface area contributed by atoms with Gasteiger partial charge in [-0.3, -0.25) is 10.1 Å². The van der Waals surface area contributed by atoms with Gasteiger partial charge in [-0.25, -0.2) is 17.5 Å². The van der Waals surface area contributed by atoms with Gasteiger partial charge in [-0.05, 0) is 6.07 Å². The number of halogens is 1. The van der Waals surface area contributed by atoms with Gasteiger partial charge in [0.2, 0.25) is 10.0 Å². The zero-order valence-corrected chi connectivity index (χ0v) is 11.3. The van der Waals surface area contributed by atoms with E-state index in [0.717, 1.165) is 12.1 Å². The van der Waals surface area contributed by atoms with Crippen molar-refractivity contribution in [1.29, 1.82) is 0 Å². The second-order valence-corrected chi connectivity index (χ2v) is 5.57. The van der Waals surface area contributed by atoms with Crippen LogP contribution >= 0.6 is 0 Å². The number of nitrogens with one attached hydrogen (secondary N) is 1. The van der Waals surface area contributed by atoms with E-state index in [1.54, 1.807) is 0 Å². The lowest BCUT2D eigenvalue weighted by molar-refractivity contribution is -0.385. The summed E-state index contributed by atoms with van der Waals surface area (Å²) in [6.45, 7) is -0.460. The minimum atomic E-state index is -4.21. The van der Waals surface area contributed by atoms with E-state index >= 15 is 0 Å². The van der Waals surface area contributed by atoms with Gasteiger partial charge in [-0.2, -0.15) is 0 Å². The topological polar surface area (TPSA) is 119 Å². The molecule has 0 heterocycles. The number of nitrogens with zero attached hydrogens (tertiary/aromatic N) is 1. The fraction of sp³-hybridized carbons (Fsp3) is 0.400. The van der Waals surface area contributed by atoms with Crippen molar-refractivity contribution in [2.24, 2.45) is 0 Å². The predicted octanol–water partition coefficient (Wildman–Crippen LogP) is 0.0195. The van der Waals surface area contributed by atoms with Gasteiger partial charge in [0.25, 0.3) is 5.69 Å². The van der Waals surface area contributed by atoms with Crippen LogP contribution in [-0.2, 0) is 14.8 Å². The van der Waals surface area contributed by atoms with Gasteiger partial charge in [-0.15, -0.1) is 0 Å². The number of non-ortho nitro benzene ring substituents is 1. The van der Waals surface area contributed by atoms with Crippen LogP contribution in [0.5, 0.6) is 0 Å². The molecule has 0 amide bonds. The van der Waals surface area contributed by atoms with Crippen molar-refractivity contribution in [3.63, 3.8) is 0 Å². The van der Waals surface area contributed by atoms with Gasteiger partial charge in [0.15, 0.2) is 0 Å². The van der Waals surface area contributed by atoms with E-state index in [9.17, 15) is 28.0 Å². The molecule has 1 rings (SSSR count). The average Bonchev–Trinajstić information content (AvgIpc) is 2.36. The number of aliphatic hydroxyl groups is 1. The molecule has 0 aliphatic heterocycles. The Labute approximate surface area is 114 Å². The molecule has 0 radical (unpaired) electrons. The summed E-state index contributed by atoms with van der Waals surface area (Å²) in [5.74, 6) is -1.24. The Balaban J connectivity index is 2.90. The van der Waals surface area contributed by atoms with Crippen molar-refractivity contribution < 1.29 is 27.6 Å². The van der Waals surface area contributed by atoms with Crippen molar-refractivity contribution in [2.75, 3.05) is 20.3 Å². The second kappa shape index (κ2) is 6.70. The summed E-state index contributed by atoms with van der Waals surface area (Å²) in [5.41, 5.74) is -0.555. The summed E-state index contributed by atoms with van der Waals surface area (Å²) in [7, 11) is -2.88. The van der Waals surface area contributed by atoms with E-state index < -0.39 is 37.5 Å². The molecular formula is C10H13FN2O6S. The molecule has 10 heteroatoms. The van der Waals surface area contributed by atoms with Crippen molar-refractivity contribution in [1.82, 2.24) is 4.72 Å². The highest BCUT2D eigenvalue weighted by molar-refractivity contribution is 7.89. The maximum Gasteiger partial charge on any atom is 0.272 e. The number of rotatable bonds is 7. The highest BCUT2D eigenvalue weighted by Crippen LogP contribution is 2.20. The third kappa shape index (κ3) is 4.20. The molecular weight excluding hydrogens is 295 g/mol. The number of sulfonamides is 1. The third-order valence-corrected chi connectivity index (χ3v) is 3.74. The summed E-state index contributed by atoms with van der Waals surface area (Å²) in [5, 5.41) is 19.7. The Morgan fingerprint density at radius 3 is 2.70 bits per heavy atom. The van der Waals surface area contributed by atoms with Crippen LogP contribution < -0.4 is 4.72 Å². The van der Waals surface area contributed by atoms with E-state index in [4.69, 9.17) is 0 Å². The minimum absolute atomic E-state index is 0.0920. The first-order valence-corrected chi connectivity index (χ1v) is 6.87. The van der Waals surface area contributed by atoms with Crippen molar-refractivity contribution in [3.05, 3.63) is 34.1 Å². The molecule has 0 aromatic heterocycles. The number of nitro benzene ring substituents is 1. The van der Waals surface area contributed by atoms with Crippen molar-refractivity contribution in [3.8, 4) is 0 Å². The molecule has 1 unspecified atom stereocenters. The quantitative estimate of drug-likeness (QED) is 0.541. The Kier molecular flexibility index (Phi) is 5.51. The molecule has 2 N–H and O–H groups in total. The summed E-state index contributed by atoms with van der Waals surface area (Å²) in [6, 6.07) is 2.18. The maximum absolute atomic E-state index is 13.6. The van der Waals surface area contributed by atoms with E-state index in [1.807, 2.05) is 4.72 Å². The van der Waals surface area contributed by atoms with Gasteiger partial charge < -0.3 is 9.84 Å². The minimum Gasteiger partial charge on any atom is -0.389 e. The first kappa shape index (κ1) is 16.4. The number of benzene rings is 1. The van der Waals surface area contributed by atoms with Gasteiger partial charge >= 0.3 is 0 Å². The monoisotopic (exact) mass is 308 g/mol. The highest BCUT2D eigenvalue weighted by atomic mass is 32.2. The lowest BCUT2D eigenvalue weighted by atomic mass is 10.3. The average molecular weight is 308 g/mol. The number of methoxy groups -OCH3 is 1. The number of hydrogen-bond acceptors (Lipinski definition) is 6. The van der Waals surface area contributed by atoms with Crippen LogP contribution in [0.1, 0.15) is 0 Å². The molecule has 1 aromatic carbocycles. The fourth-order valence-electron chi connectivity index (χ4n) is 1.36. The zero-order chi connectivity index (χ0) is 15.3. The van der Waals surface area contributed by atoms with E-state index in [1.165, 1.54) is 7.11 Å². The van der Waals surface area contributed by atoms with Crippen LogP contribution in [0.4, 0.5) is 10.1 Å². The van der Waals surface area contributed by atoms with Crippen LogP contribution in [0.15, 0.2) is 23.1 Å². The Bertz CT molecular complexity index is 591. The normalized spacial score (nSPS) is 13.2. The molecule has 1 aromatic rings. The Morgan fingerprint density at radius 2 is 2.20 bits per heavy atom. The highest BCUT2D eigenvalue weighted by Gasteiger charge is 2.22. The third-order valence-electron chi connectivity index (χ3n) is 2.28. The molecule has 1 atom stereocenters. The summed E-state index contributed by atoms with van der Waals surface area (Å²) >= 11 is 0. The number of nitro groups is 1. The Hall–Kier alpha value is -1.62. The SMILES string of the molecule is COCC(O)CNS(=O)(=O)c1ccc([N+](=O)[O-])cc1F. The fourth-order valence-corrected chi connectivity index (χ4v) is 2.49. The van der Waals surface area contributed by atoms with E-state index in [0.29, 0.717) is 6.07 Å². The predicted molar refractivity (Wildman–Crippen MR) is 66.1 cm³/mol. The van der Waals surface area contributed by atoms with Crippen LogP contribution in [0, 0.1) is 15.9 Å². The second-order valence-electron chi connectivity index (χ2n) is 3.83. The van der Waals surface area contributed by atoms with Crippen LogP contribution in [0.3, 0.4) is 0 Å². The molecule has 0 saturated carbocycles. The van der Waals surface area contributed by atoms with Crippen LogP contribution in [-0.4, -0.2) is 44.8 Å². The number of ether oxygens (including phenoxy) is 1. The summed E-state index contributed by atoms with van der Waals surface area (Å²) in [4.78, 5) is 8.86. The molecule has 0 fully saturated rings. The molecule has 8 nitrogen and oxygen atoms in total. The smallest absolute Gasteiger partial charge is 0.272 e. The van der Waals surface area contributed by atoms with Gasteiger partial charge in [-0.1, -0.05) is 0 Å². The van der Waals surface area contributed by atoms with Gasteiger partial charge in [0.1, 0.15) is 10.7 Å². The molecule has 112 valence electrons. The molecule has 0 saturated heterocycles. The lowest BCUT2D eigenvalue weighted by Crippen LogP contribution is -2.34. The van der Waals surface area contributed by atoms with E-state index in [-0.39, 0.29) is 13.2 Å². The largest absolute Gasteiger partial charge is 0.389 e. The van der Waals surface area contributed by atoms with Gasteiger partial charge in [0.05, 0.1) is 23.7 Å². The molecule has 0 aliphatic carbocycles. The standard InChI is InChI=1S/C10H13FN2O6S/c1-19-6-8(14)5-12-20(17,18)10-3-2-7(13(15)16)4-9(10)11/h2-4,8,12,14H,5-6H2,1H3. The molecule has 20 heavy (non-hydrogen) atoms. The Morgan fingerprint density at radius 1 is 1.55 bits per heavy atom. The van der Waals surface area contributed by atoms with Crippen LogP contribution in [0.25, 0.3) is 0 Å². The van der Waals surface area contributed by atoms with Crippen LogP contribution in [0.2, 0.25) is 0 Å². The van der Waals surface area contributed by atoms with Crippen molar-refractivity contribution in [2.45, 2.75) is 11.0 Å². The number of aliphatic hydroxyl groups excluding tert-OH is 1. The van der Waals surface area contributed by atoms with Gasteiger partial charge in [0, 0.05) is 19.7 Å². The maximum atomic E-state index is 13.6. The summed E-state index contributed by atoms with van der Waals surface area (Å²) < 4.78 is 43.7. The summed E-state index contributed by atoms with van der Waals surface area (Å²) in [6.07, 6.45) is -1.09. The van der Waals surface area contributed by atoms with E-state index in [2.05, 4.69) is 4.74 Å². The van der Waals surface area contributed by atoms with Crippen molar-refractivity contribution >= 4 is 15.7 Å². The first-order valence-electron chi connectivity index (χ1n) is 5.38. The first-order chi connectivity index (χ1) is 9.27. The zero-order valence-electron chi connectivity index (χ0n) is 10.4.